The number of ether oxygens (including phenoxy) is 1. The number of anilines is 3. The van der Waals surface area contributed by atoms with Crippen LogP contribution >= 0.6 is 0 Å². The van der Waals surface area contributed by atoms with E-state index in [4.69, 9.17) is 0 Å². The maximum Gasteiger partial charge on any atom is 0.387 e. The minimum Gasteiger partial charge on any atom is -0.432 e. The third kappa shape index (κ3) is 4.34. The van der Waals surface area contributed by atoms with Gasteiger partial charge >= 0.3 is 6.61 Å². The van der Waals surface area contributed by atoms with Gasteiger partial charge in [0.25, 0.3) is 11.8 Å². The minimum absolute atomic E-state index is 0.0986. The zero-order valence-corrected chi connectivity index (χ0v) is 17.7. The van der Waals surface area contributed by atoms with Crippen molar-refractivity contribution in [2.24, 2.45) is 0 Å². The molecule has 0 unspecified atom stereocenters. The number of pyridine rings is 2. The van der Waals surface area contributed by atoms with Gasteiger partial charge in [0.1, 0.15) is 11.5 Å². The molecule has 2 amide bonds. The summed E-state index contributed by atoms with van der Waals surface area (Å²) in [6.45, 7) is -2.92. The van der Waals surface area contributed by atoms with E-state index in [-0.39, 0.29) is 29.1 Å². The van der Waals surface area contributed by atoms with Crippen molar-refractivity contribution in [2.75, 3.05) is 15.5 Å². The molecule has 3 aromatic heterocycles. The van der Waals surface area contributed by atoms with E-state index >= 15 is 0 Å². The molecule has 1 aliphatic heterocycles. The fraction of sp³-hybridized carbons (Fsp3) is 0.273. The first-order valence-corrected chi connectivity index (χ1v) is 10.6. The summed E-state index contributed by atoms with van der Waals surface area (Å²) >= 11 is 0. The molecule has 2 N–H and O–H groups in total. The van der Waals surface area contributed by atoms with Gasteiger partial charge in [-0.3, -0.25) is 14.6 Å². The summed E-state index contributed by atoms with van der Waals surface area (Å²) < 4.78 is 28.7. The van der Waals surface area contributed by atoms with Crippen LogP contribution in [0.3, 0.4) is 0 Å². The topological polar surface area (TPSA) is 122 Å². The van der Waals surface area contributed by atoms with Crippen LogP contribution in [0.1, 0.15) is 40.1 Å². The number of halogens is 2. The number of nitrogens with one attached hydrogen (secondary N) is 2. The van der Waals surface area contributed by atoms with E-state index in [0.29, 0.717) is 17.5 Å². The molecule has 1 saturated carbocycles. The number of rotatable bonds is 7. The molecule has 2 aliphatic rings. The first kappa shape index (κ1) is 21.6. The van der Waals surface area contributed by atoms with E-state index in [9.17, 15) is 18.4 Å². The Balaban J connectivity index is 1.16. The molecule has 0 saturated heterocycles. The van der Waals surface area contributed by atoms with Crippen LogP contribution in [0.5, 0.6) is 5.75 Å². The second kappa shape index (κ2) is 8.96. The molecule has 0 spiro atoms. The molecule has 0 bridgehead atoms. The van der Waals surface area contributed by atoms with Crippen LogP contribution in [0.25, 0.3) is 0 Å². The van der Waals surface area contributed by atoms with Crippen LogP contribution in [0.4, 0.5) is 26.2 Å². The minimum atomic E-state index is -2.92. The molecule has 174 valence electrons. The highest BCUT2D eigenvalue weighted by molar-refractivity contribution is 6.33. The number of imide groups is 1. The van der Waals surface area contributed by atoms with Crippen LogP contribution < -0.4 is 20.3 Å². The monoisotopic (exact) mass is 467 g/mol. The van der Waals surface area contributed by atoms with Crippen molar-refractivity contribution in [3.8, 4) is 5.75 Å². The first-order valence-electron chi connectivity index (χ1n) is 10.6. The molecule has 0 radical (unpaired) electrons. The van der Waals surface area contributed by atoms with Gasteiger partial charge in [-0.15, -0.1) is 0 Å². The molecule has 5 rings (SSSR count). The Morgan fingerprint density at radius 1 is 0.941 bits per heavy atom. The van der Waals surface area contributed by atoms with Crippen LogP contribution in [0.2, 0.25) is 0 Å². The predicted octanol–water partition coefficient (Wildman–Crippen LogP) is 3.11. The first-order chi connectivity index (χ1) is 16.5. The highest BCUT2D eigenvalue weighted by Crippen LogP contribution is 2.28. The van der Waals surface area contributed by atoms with Gasteiger partial charge in [-0.25, -0.2) is 19.9 Å². The van der Waals surface area contributed by atoms with Gasteiger partial charge in [0.05, 0.1) is 29.8 Å². The van der Waals surface area contributed by atoms with Crippen molar-refractivity contribution in [3.05, 3.63) is 60.3 Å². The number of amides is 2. The quantitative estimate of drug-likeness (QED) is 0.505. The second-order valence-corrected chi connectivity index (χ2v) is 7.86. The van der Waals surface area contributed by atoms with Crippen molar-refractivity contribution < 1.29 is 23.1 Å². The number of carbonyl (C=O) groups excluding carboxylic acids is 2. The number of aromatic nitrogens is 4. The Morgan fingerprint density at radius 2 is 1.71 bits per heavy atom. The summed E-state index contributed by atoms with van der Waals surface area (Å²) in [7, 11) is 0. The van der Waals surface area contributed by atoms with E-state index in [1.807, 2.05) is 0 Å². The lowest BCUT2D eigenvalue weighted by Gasteiger charge is -2.17. The molecular weight excluding hydrogens is 448 g/mol. The number of nitrogens with zero attached hydrogens (tertiary/aromatic N) is 5. The van der Waals surface area contributed by atoms with E-state index in [1.54, 1.807) is 24.3 Å². The number of hydrogen-bond donors (Lipinski definition) is 2. The second-order valence-electron chi connectivity index (χ2n) is 7.86. The van der Waals surface area contributed by atoms with Gasteiger partial charge in [-0.05, 0) is 43.5 Å². The zero-order valence-electron chi connectivity index (χ0n) is 17.7. The van der Waals surface area contributed by atoms with Crippen molar-refractivity contribution >= 4 is 29.3 Å². The summed E-state index contributed by atoms with van der Waals surface area (Å²) in [4.78, 5) is 42.6. The van der Waals surface area contributed by atoms with Crippen molar-refractivity contribution in [3.63, 3.8) is 0 Å². The van der Waals surface area contributed by atoms with E-state index in [0.717, 1.165) is 24.2 Å². The van der Waals surface area contributed by atoms with Gasteiger partial charge in [0, 0.05) is 18.3 Å². The summed E-state index contributed by atoms with van der Waals surface area (Å²) in [5, 5.41) is 6.54. The van der Waals surface area contributed by atoms with Crippen molar-refractivity contribution in [1.82, 2.24) is 19.9 Å². The van der Waals surface area contributed by atoms with Gasteiger partial charge in [-0.2, -0.15) is 8.78 Å². The van der Waals surface area contributed by atoms with E-state index in [1.165, 1.54) is 24.8 Å². The molecule has 1 aliphatic carbocycles. The molecule has 1 fully saturated rings. The Labute approximate surface area is 192 Å². The molecule has 4 heterocycles. The lowest BCUT2D eigenvalue weighted by molar-refractivity contribution is -0.0503. The number of hydrogen-bond acceptors (Lipinski definition) is 9. The van der Waals surface area contributed by atoms with Crippen LogP contribution in [-0.2, 0) is 0 Å². The summed E-state index contributed by atoms with van der Waals surface area (Å²) in [6.07, 6.45) is 7.85. The molecule has 34 heavy (non-hydrogen) atoms. The van der Waals surface area contributed by atoms with E-state index in [2.05, 4.69) is 35.3 Å². The predicted molar refractivity (Wildman–Crippen MR) is 117 cm³/mol. The third-order valence-electron chi connectivity index (χ3n) is 5.62. The number of carbonyl (C=O) groups is 2. The smallest absolute Gasteiger partial charge is 0.387 e. The maximum atomic E-state index is 12.6. The average Bonchev–Trinajstić information content (AvgIpc) is 3.37. The van der Waals surface area contributed by atoms with E-state index < -0.39 is 18.4 Å². The molecule has 3 aromatic rings. The van der Waals surface area contributed by atoms with Crippen molar-refractivity contribution in [2.45, 2.75) is 38.0 Å². The molecule has 12 heteroatoms. The number of fused-ring (bicyclic) bond motifs is 1. The Morgan fingerprint density at radius 3 is 2.38 bits per heavy atom. The van der Waals surface area contributed by atoms with Crippen LogP contribution in [-0.4, -0.2) is 50.4 Å². The Hall–Kier alpha value is -4.22. The molecule has 10 nitrogen and oxygen atoms in total. The Kier molecular flexibility index (Phi) is 5.70. The molecule has 0 aromatic carbocycles. The molecular formula is C22H19F2N7O3. The third-order valence-corrected chi connectivity index (χ3v) is 5.62. The maximum absolute atomic E-state index is 12.6. The summed E-state index contributed by atoms with van der Waals surface area (Å²) in [5.41, 5.74) is 0.791. The van der Waals surface area contributed by atoms with Gasteiger partial charge in [0.2, 0.25) is 5.95 Å². The van der Waals surface area contributed by atoms with Gasteiger partial charge in [-0.1, -0.05) is 0 Å². The average molecular weight is 467 g/mol. The highest BCUT2D eigenvalue weighted by Gasteiger charge is 2.38. The summed E-state index contributed by atoms with van der Waals surface area (Å²) in [6, 6.07) is 6.82. The Bertz CT molecular complexity index is 1170. The highest BCUT2D eigenvalue weighted by atomic mass is 19.3. The molecule has 2 atom stereocenters. The standard InChI is InChI=1S/C22H19F2N7O3/c23-21(24)34-15-10-27-22(28-11-15)30-13-4-3-12(8-13)29-17-6-5-14(9-26-17)31-19(32)16-2-1-7-25-18(16)20(31)33/h1-2,5-7,9-13,21H,3-4,8H2,(H,26,29)(H,27,28,30)/t12-,13-/m0/s1. The lowest BCUT2D eigenvalue weighted by Crippen LogP contribution is -2.29. The fourth-order valence-corrected chi connectivity index (χ4v) is 4.09. The van der Waals surface area contributed by atoms with Crippen molar-refractivity contribution in [1.29, 1.82) is 0 Å². The SMILES string of the molecule is O=C1c2cccnc2C(=O)N1c1ccc(N[C@H]2CC[C@H](Nc3ncc(OC(F)F)cn3)C2)nc1. The van der Waals surface area contributed by atoms with Crippen LogP contribution in [0.15, 0.2) is 49.1 Å². The number of alkyl halides is 2. The largest absolute Gasteiger partial charge is 0.432 e. The van der Waals surface area contributed by atoms with Crippen LogP contribution in [0, 0.1) is 0 Å². The van der Waals surface area contributed by atoms with Gasteiger partial charge in [0.15, 0.2) is 5.75 Å². The zero-order chi connectivity index (χ0) is 23.7. The lowest BCUT2D eigenvalue weighted by atomic mass is 10.2. The summed E-state index contributed by atoms with van der Waals surface area (Å²) in [5.74, 6) is -0.0299. The normalized spacial score (nSPS) is 19.4. The fourth-order valence-electron chi connectivity index (χ4n) is 4.09. The van der Waals surface area contributed by atoms with Gasteiger partial charge < -0.3 is 15.4 Å².